The number of benzene rings is 1. The number of nitrogens with one attached hydrogen (secondary N) is 1. The third-order valence-corrected chi connectivity index (χ3v) is 3.30. The van der Waals surface area contributed by atoms with Crippen LogP contribution in [0.4, 0.5) is 23.2 Å². The van der Waals surface area contributed by atoms with Crippen LogP contribution in [0.2, 0.25) is 5.02 Å². The molecule has 1 aromatic rings. The quantitative estimate of drug-likeness (QED) is 0.473. The molecule has 0 aromatic heterocycles. The van der Waals surface area contributed by atoms with E-state index in [1.165, 1.54) is 0 Å². The van der Waals surface area contributed by atoms with Gasteiger partial charge < -0.3 is 24.3 Å². The van der Waals surface area contributed by atoms with Gasteiger partial charge in [-0.05, 0) is 0 Å². The van der Waals surface area contributed by atoms with Crippen molar-refractivity contribution in [1.29, 1.82) is 0 Å². The number of anilines is 1. The minimum atomic E-state index is -4.93. The molecule has 0 saturated carbocycles. The molecule has 0 aliphatic carbocycles. The van der Waals surface area contributed by atoms with Crippen molar-refractivity contribution in [2.24, 2.45) is 0 Å². The molecule has 1 N–H and O–H groups in total. The summed E-state index contributed by atoms with van der Waals surface area (Å²) in [7, 11) is 2.07. The van der Waals surface area contributed by atoms with Crippen LogP contribution in [0.1, 0.15) is 0 Å². The van der Waals surface area contributed by atoms with Crippen LogP contribution in [-0.2, 0) is 19.1 Å². The number of hydrogen-bond acceptors (Lipinski definition) is 7. The zero-order valence-corrected chi connectivity index (χ0v) is 13.8. The lowest BCUT2D eigenvalue weighted by molar-refractivity contribution is -0.391. The Morgan fingerprint density at radius 1 is 1.08 bits per heavy atom. The van der Waals surface area contributed by atoms with Gasteiger partial charge in [0.25, 0.3) is 0 Å². The third kappa shape index (κ3) is 3.77. The number of carbonyl (C=O) groups is 2. The second-order valence-electron chi connectivity index (χ2n) is 4.71. The number of fused-ring (bicyclic) bond motifs is 1. The largest absolute Gasteiger partial charge is 0.507 e. The van der Waals surface area contributed by atoms with E-state index >= 15 is 0 Å². The number of methoxy groups -OCH3 is 2. The average molecular weight is 400 g/mol. The highest BCUT2D eigenvalue weighted by atomic mass is 35.5. The Balaban J connectivity index is 2.41. The monoisotopic (exact) mass is 399 g/mol. The highest BCUT2D eigenvalue weighted by molar-refractivity contribution is 6.33. The van der Waals surface area contributed by atoms with Crippen LogP contribution < -0.4 is 14.8 Å². The molecule has 0 spiro atoms. The van der Waals surface area contributed by atoms with Gasteiger partial charge in [-0.15, -0.1) is 0 Å². The zero-order valence-electron chi connectivity index (χ0n) is 13.1. The van der Waals surface area contributed by atoms with E-state index in [0.29, 0.717) is 6.08 Å². The summed E-state index contributed by atoms with van der Waals surface area (Å²) in [6, 6.07) is 1.56. The third-order valence-electron chi connectivity index (χ3n) is 2.99. The van der Waals surface area contributed by atoms with Gasteiger partial charge >= 0.3 is 24.2 Å². The minimum absolute atomic E-state index is 0.226. The van der Waals surface area contributed by atoms with Crippen LogP contribution in [0.3, 0.4) is 0 Å². The first-order chi connectivity index (χ1) is 12.0. The van der Waals surface area contributed by atoms with Crippen LogP contribution in [0.15, 0.2) is 23.9 Å². The van der Waals surface area contributed by atoms with Gasteiger partial charge in [0, 0.05) is 12.1 Å². The molecule has 12 heteroatoms. The topological polar surface area (TPSA) is 83.1 Å². The second-order valence-corrected chi connectivity index (χ2v) is 5.12. The SMILES string of the molecule is COC(=O)/C=C(/Nc1cc2c(cc1Cl)OC(F)(F)C(F)(F)O2)C(=O)OC. The van der Waals surface area contributed by atoms with Crippen molar-refractivity contribution in [2.45, 2.75) is 12.2 Å². The molecule has 1 aromatic carbocycles. The van der Waals surface area contributed by atoms with Gasteiger partial charge in [0.2, 0.25) is 0 Å². The molecule has 0 bridgehead atoms. The van der Waals surface area contributed by atoms with E-state index in [4.69, 9.17) is 11.6 Å². The molecular weight excluding hydrogens is 390 g/mol. The van der Waals surface area contributed by atoms with Crippen LogP contribution in [0, 0.1) is 0 Å². The summed E-state index contributed by atoms with van der Waals surface area (Å²) in [6.07, 6.45) is -9.12. The molecular formula is C14H10ClF4NO6. The molecule has 142 valence electrons. The Hall–Kier alpha value is -2.69. The smallest absolute Gasteiger partial charge is 0.466 e. The van der Waals surface area contributed by atoms with Crippen molar-refractivity contribution in [2.75, 3.05) is 19.5 Å². The molecule has 0 unspecified atom stereocenters. The van der Waals surface area contributed by atoms with Gasteiger partial charge in [-0.1, -0.05) is 11.6 Å². The molecule has 2 rings (SSSR count). The maximum absolute atomic E-state index is 13.3. The van der Waals surface area contributed by atoms with E-state index in [-0.39, 0.29) is 10.7 Å². The van der Waals surface area contributed by atoms with Crippen LogP contribution in [0.25, 0.3) is 0 Å². The molecule has 1 aliphatic rings. The predicted octanol–water partition coefficient (Wildman–Crippen LogP) is 2.94. The van der Waals surface area contributed by atoms with Gasteiger partial charge in [0.15, 0.2) is 11.5 Å². The molecule has 0 saturated heterocycles. The standard InChI is InChI=1S/C14H10ClF4NO6/c1-23-11(21)5-8(12(22)24-2)20-7-4-10-9(3-6(7)15)25-13(16,17)14(18,19)26-10/h3-5,20H,1-2H3/b8-5+. The fourth-order valence-corrected chi connectivity index (χ4v) is 1.96. The van der Waals surface area contributed by atoms with Crippen molar-refractivity contribution in [3.63, 3.8) is 0 Å². The summed E-state index contributed by atoms with van der Waals surface area (Å²) >= 11 is 5.86. The van der Waals surface area contributed by atoms with E-state index in [9.17, 15) is 27.2 Å². The van der Waals surface area contributed by atoms with Crippen LogP contribution in [0.5, 0.6) is 11.5 Å². The number of ether oxygens (including phenoxy) is 4. The maximum Gasteiger partial charge on any atom is 0.507 e. The number of esters is 2. The Labute approximate surface area is 148 Å². The summed E-state index contributed by atoms with van der Waals surface area (Å²) in [5.41, 5.74) is -0.689. The first kappa shape index (κ1) is 19.6. The molecule has 7 nitrogen and oxygen atoms in total. The Bertz CT molecular complexity index is 783. The fourth-order valence-electron chi connectivity index (χ4n) is 1.76. The van der Waals surface area contributed by atoms with Gasteiger partial charge in [-0.3, -0.25) is 0 Å². The molecule has 26 heavy (non-hydrogen) atoms. The molecule has 1 aliphatic heterocycles. The van der Waals surface area contributed by atoms with Crippen molar-refractivity contribution in [1.82, 2.24) is 0 Å². The Morgan fingerprint density at radius 2 is 1.62 bits per heavy atom. The molecule has 1 heterocycles. The second kappa shape index (κ2) is 6.90. The summed E-state index contributed by atoms with van der Waals surface area (Å²) in [5, 5.41) is 2.05. The molecule has 0 amide bonds. The normalized spacial score (nSPS) is 17.3. The number of alkyl halides is 4. The Kier molecular flexibility index (Phi) is 5.21. The number of rotatable bonds is 4. The average Bonchev–Trinajstić information content (AvgIpc) is 2.55. The Morgan fingerprint density at radius 3 is 2.12 bits per heavy atom. The highest BCUT2D eigenvalue weighted by Crippen LogP contribution is 2.49. The summed E-state index contributed by atoms with van der Waals surface area (Å²) in [6.45, 7) is 0. The van der Waals surface area contributed by atoms with E-state index < -0.39 is 41.4 Å². The van der Waals surface area contributed by atoms with Gasteiger partial charge in [-0.2, -0.15) is 17.6 Å². The van der Waals surface area contributed by atoms with Crippen molar-refractivity contribution < 1.29 is 46.1 Å². The number of carbonyl (C=O) groups excluding carboxylic acids is 2. The maximum atomic E-state index is 13.3. The number of hydrogen-bond donors (Lipinski definition) is 1. The van der Waals surface area contributed by atoms with Crippen LogP contribution in [-0.4, -0.2) is 38.4 Å². The van der Waals surface area contributed by atoms with Crippen molar-refractivity contribution in [3.05, 3.63) is 28.9 Å². The van der Waals surface area contributed by atoms with Gasteiger partial charge in [-0.25, -0.2) is 9.59 Å². The lowest BCUT2D eigenvalue weighted by Crippen LogP contribution is -2.52. The minimum Gasteiger partial charge on any atom is -0.466 e. The number of halogens is 5. The zero-order chi connectivity index (χ0) is 19.7. The van der Waals surface area contributed by atoms with E-state index in [1.807, 2.05) is 0 Å². The molecule has 0 fully saturated rings. The summed E-state index contributed by atoms with van der Waals surface area (Å²) < 4.78 is 69.5. The summed E-state index contributed by atoms with van der Waals surface area (Å²) in [4.78, 5) is 23.0. The summed E-state index contributed by atoms with van der Waals surface area (Å²) in [5.74, 6) is -3.46. The predicted molar refractivity (Wildman–Crippen MR) is 78.3 cm³/mol. The fraction of sp³-hybridized carbons (Fsp3) is 0.286. The van der Waals surface area contributed by atoms with Crippen LogP contribution >= 0.6 is 11.6 Å². The first-order valence-electron chi connectivity index (χ1n) is 6.63. The van der Waals surface area contributed by atoms with E-state index in [0.717, 1.165) is 26.4 Å². The van der Waals surface area contributed by atoms with Gasteiger partial charge in [0.05, 0.1) is 31.0 Å². The van der Waals surface area contributed by atoms with E-state index in [1.54, 1.807) is 0 Å². The highest BCUT2D eigenvalue weighted by Gasteiger charge is 2.66. The van der Waals surface area contributed by atoms with Crippen molar-refractivity contribution in [3.8, 4) is 11.5 Å². The van der Waals surface area contributed by atoms with E-state index in [2.05, 4.69) is 24.3 Å². The van der Waals surface area contributed by atoms with Gasteiger partial charge in [0.1, 0.15) is 5.70 Å². The molecule has 0 atom stereocenters. The lowest BCUT2D eigenvalue weighted by Gasteiger charge is -2.32. The van der Waals surface area contributed by atoms with Crippen molar-refractivity contribution >= 4 is 29.2 Å². The lowest BCUT2D eigenvalue weighted by atomic mass is 10.2. The molecule has 0 radical (unpaired) electrons. The first-order valence-corrected chi connectivity index (χ1v) is 7.00.